The van der Waals surface area contributed by atoms with Crippen molar-refractivity contribution in [3.63, 3.8) is 0 Å². The molecule has 22 heavy (non-hydrogen) atoms. The van der Waals surface area contributed by atoms with Crippen LogP contribution in [0.2, 0.25) is 10.0 Å². The van der Waals surface area contributed by atoms with Gasteiger partial charge < -0.3 is 15.0 Å². The van der Waals surface area contributed by atoms with Gasteiger partial charge in [-0.3, -0.25) is 4.79 Å². The predicted octanol–water partition coefficient (Wildman–Crippen LogP) is 3.36. The Balaban J connectivity index is 1.95. The molecule has 1 N–H and O–H groups in total. The largest absolute Gasteiger partial charge is 0.482 e. The van der Waals surface area contributed by atoms with E-state index in [4.69, 9.17) is 27.9 Å². The first-order chi connectivity index (χ1) is 10.6. The van der Waals surface area contributed by atoms with Gasteiger partial charge in [0.2, 0.25) is 0 Å². The molecule has 0 radical (unpaired) electrons. The molecule has 1 heterocycles. The van der Waals surface area contributed by atoms with Gasteiger partial charge in [0, 0.05) is 17.6 Å². The molecule has 6 heteroatoms. The predicted molar refractivity (Wildman–Crippen MR) is 89.9 cm³/mol. The van der Waals surface area contributed by atoms with Gasteiger partial charge in [0.25, 0.3) is 5.91 Å². The van der Waals surface area contributed by atoms with Crippen LogP contribution in [0.1, 0.15) is 26.2 Å². The van der Waals surface area contributed by atoms with Gasteiger partial charge >= 0.3 is 0 Å². The minimum atomic E-state index is 0.00524. The Hall–Kier alpha value is -0.970. The number of benzene rings is 1. The fourth-order valence-corrected chi connectivity index (χ4v) is 3.15. The second-order valence-corrected chi connectivity index (χ2v) is 6.28. The van der Waals surface area contributed by atoms with Crippen molar-refractivity contribution in [3.8, 4) is 5.75 Å². The Kier molecular flexibility index (Phi) is 6.80. The Morgan fingerprint density at radius 3 is 2.73 bits per heavy atom. The molecule has 2 rings (SSSR count). The van der Waals surface area contributed by atoms with Crippen LogP contribution in [0.3, 0.4) is 0 Å². The molecule has 0 bridgehead atoms. The summed E-state index contributed by atoms with van der Waals surface area (Å²) in [4.78, 5) is 14.4. The van der Waals surface area contributed by atoms with Gasteiger partial charge in [-0.2, -0.15) is 0 Å². The number of hydrogen-bond acceptors (Lipinski definition) is 3. The van der Waals surface area contributed by atoms with E-state index in [0.717, 1.165) is 38.9 Å². The van der Waals surface area contributed by atoms with Crippen molar-refractivity contribution in [2.45, 2.75) is 32.2 Å². The number of ether oxygens (including phenoxy) is 1. The molecule has 1 aliphatic rings. The van der Waals surface area contributed by atoms with Crippen LogP contribution in [0, 0.1) is 0 Å². The van der Waals surface area contributed by atoms with E-state index in [1.54, 1.807) is 18.2 Å². The smallest absolute Gasteiger partial charge is 0.260 e. The van der Waals surface area contributed by atoms with Crippen molar-refractivity contribution in [2.24, 2.45) is 0 Å². The molecule has 1 fully saturated rings. The molecule has 1 aromatic rings. The number of carbonyl (C=O) groups excluding carboxylic acids is 1. The molecule has 1 saturated heterocycles. The molecule has 122 valence electrons. The Labute approximate surface area is 141 Å². The van der Waals surface area contributed by atoms with Gasteiger partial charge in [0.05, 0.1) is 5.02 Å². The first-order valence-corrected chi connectivity index (χ1v) is 8.45. The maximum atomic E-state index is 12.5. The standard InChI is InChI=1S/C16H22Cl2N2O2/c1-2-9-20(13-5-7-19-8-6-13)16(21)11-22-15-4-3-12(17)10-14(15)18/h3-4,10,13,19H,2,5-9,11H2,1H3. The van der Waals surface area contributed by atoms with Crippen molar-refractivity contribution < 1.29 is 9.53 Å². The van der Waals surface area contributed by atoms with Crippen LogP contribution in [0.4, 0.5) is 0 Å². The number of rotatable bonds is 6. The van der Waals surface area contributed by atoms with Gasteiger partial charge in [0.1, 0.15) is 5.75 Å². The van der Waals surface area contributed by atoms with Crippen LogP contribution in [0.5, 0.6) is 5.75 Å². The monoisotopic (exact) mass is 344 g/mol. The Morgan fingerprint density at radius 2 is 2.09 bits per heavy atom. The van der Waals surface area contributed by atoms with E-state index in [-0.39, 0.29) is 12.5 Å². The zero-order chi connectivity index (χ0) is 15.9. The highest BCUT2D eigenvalue weighted by molar-refractivity contribution is 6.35. The van der Waals surface area contributed by atoms with Crippen LogP contribution in [0.15, 0.2) is 18.2 Å². The van der Waals surface area contributed by atoms with Crippen molar-refractivity contribution >= 4 is 29.1 Å². The molecule has 0 spiro atoms. The molecule has 1 aromatic carbocycles. The highest BCUT2D eigenvalue weighted by Gasteiger charge is 2.25. The second kappa shape index (κ2) is 8.61. The highest BCUT2D eigenvalue weighted by atomic mass is 35.5. The number of halogens is 2. The molecule has 0 atom stereocenters. The summed E-state index contributed by atoms with van der Waals surface area (Å²) in [6, 6.07) is 5.30. The van der Waals surface area contributed by atoms with Crippen LogP contribution >= 0.6 is 23.2 Å². The number of hydrogen-bond donors (Lipinski definition) is 1. The number of nitrogens with zero attached hydrogens (tertiary/aromatic N) is 1. The third kappa shape index (κ3) is 4.77. The summed E-state index contributed by atoms with van der Waals surface area (Å²) in [6.07, 6.45) is 2.93. The first-order valence-electron chi connectivity index (χ1n) is 7.70. The van der Waals surface area contributed by atoms with Gasteiger partial charge in [-0.15, -0.1) is 0 Å². The minimum absolute atomic E-state index is 0.00524. The Bertz CT molecular complexity index is 505. The lowest BCUT2D eigenvalue weighted by atomic mass is 10.0. The van der Waals surface area contributed by atoms with E-state index in [2.05, 4.69) is 12.2 Å². The van der Waals surface area contributed by atoms with E-state index in [9.17, 15) is 4.79 Å². The molecule has 0 aromatic heterocycles. The van der Waals surface area contributed by atoms with E-state index >= 15 is 0 Å². The summed E-state index contributed by atoms with van der Waals surface area (Å²) in [6.45, 7) is 4.77. The topological polar surface area (TPSA) is 41.6 Å². The van der Waals surface area contributed by atoms with E-state index < -0.39 is 0 Å². The van der Waals surface area contributed by atoms with Crippen molar-refractivity contribution in [1.29, 1.82) is 0 Å². The average molecular weight is 345 g/mol. The zero-order valence-electron chi connectivity index (χ0n) is 12.8. The molecular weight excluding hydrogens is 323 g/mol. The van der Waals surface area contributed by atoms with Crippen LogP contribution < -0.4 is 10.1 Å². The number of amides is 1. The van der Waals surface area contributed by atoms with Gasteiger partial charge in [-0.25, -0.2) is 0 Å². The lowest BCUT2D eigenvalue weighted by Gasteiger charge is -2.34. The summed E-state index contributed by atoms with van der Waals surface area (Å²) in [5.74, 6) is 0.501. The molecule has 0 aliphatic carbocycles. The molecule has 1 aliphatic heterocycles. The van der Waals surface area contributed by atoms with Crippen LogP contribution in [-0.2, 0) is 4.79 Å². The van der Waals surface area contributed by atoms with Crippen molar-refractivity contribution in [1.82, 2.24) is 10.2 Å². The summed E-state index contributed by atoms with van der Waals surface area (Å²) >= 11 is 11.9. The summed E-state index contributed by atoms with van der Waals surface area (Å²) in [7, 11) is 0. The van der Waals surface area contributed by atoms with E-state index in [0.29, 0.717) is 21.8 Å². The maximum absolute atomic E-state index is 12.5. The number of nitrogens with one attached hydrogen (secondary N) is 1. The third-order valence-electron chi connectivity index (χ3n) is 3.78. The number of piperidine rings is 1. The van der Waals surface area contributed by atoms with Crippen molar-refractivity contribution in [3.05, 3.63) is 28.2 Å². The molecule has 4 nitrogen and oxygen atoms in total. The number of carbonyl (C=O) groups is 1. The quantitative estimate of drug-likeness (QED) is 0.860. The van der Waals surface area contributed by atoms with Gasteiger partial charge in [-0.05, 0) is 50.6 Å². The summed E-state index contributed by atoms with van der Waals surface area (Å²) in [5, 5.41) is 4.29. The second-order valence-electron chi connectivity index (χ2n) is 5.43. The maximum Gasteiger partial charge on any atom is 0.260 e. The minimum Gasteiger partial charge on any atom is -0.482 e. The van der Waals surface area contributed by atoms with Gasteiger partial charge in [0.15, 0.2) is 6.61 Å². The highest BCUT2D eigenvalue weighted by Crippen LogP contribution is 2.27. The third-order valence-corrected chi connectivity index (χ3v) is 4.31. The molecule has 0 saturated carbocycles. The van der Waals surface area contributed by atoms with E-state index in [1.807, 2.05) is 4.90 Å². The lowest BCUT2D eigenvalue weighted by Crippen LogP contribution is -2.48. The van der Waals surface area contributed by atoms with Crippen molar-refractivity contribution in [2.75, 3.05) is 26.2 Å². The fraction of sp³-hybridized carbons (Fsp3) is 0.562. The summed E-state index contributed by atoms with van der Waals surface area (Å²) in [5.41, 5.74) is 0. The van der Waals surface area contributed by atoms with E-state index in [1.165, 1.54) is 0 Å². The average Bonchev–Trinajstić information content (AvgIpc) is 2.52. The normalized spacial score (nSPS) is 15.6. The molecule has 0 unspecified atom stereocenters. The first kappa shape index (κ1) is 17.4. The fourth-order valence-electron chi connectivity index (χ4n) is 2.68. The van der Waals surface area contributed by atoms with Crippen LogP contribution in [0.25, 0.3) is 0 Å². The molecular formula is C16H22Cl2N2O2. The Morgan fingerprint density at radius 1 is 1.36 bits per heavy atom. The summed E-state index contributed by atoms with van der Waals surface area (Å²) < 4.78 is 5.57. The zero-order valence-corrected chi connectivity index (χ0v) is 14.3. The molecule has 1 amide bonds. The SMILES string of the molecule is CCCN(C(=O)COc1ccc(Cl)cc1Cl)C1CCNCC1. The van der Waals surface area contributed by atoms with Crippen LogP contribution in [-0.4, -0.2) is 43.1 Å². The lowest BCUT2D eigenvalue weighted by molar-refractivity contribution is -0.136. The van der Waals surface area contributed by atoms with Gasteiger partial charge in [-0.1, -0.05) is 30.1 Å².